The van der Waals surface area contributed by atoms with Crippen molar-refractivity contribution in [1.82, 2.24) is 15.1 Å². The van der Waals surface area contributed by atoms with Gasteiger partial charge in [-0.25, -0.2) is 0 Å². The Labute approximate surface area is 152 Å². The van der Waals surface area contributed by atoms with E-state index in [4.69, 9.17) is 9.47 Å². The standard InChI is InChI=1S/C20H33N3O2/c1-17-15-21-8-11-23(17)16-18-6-7-19(20(14-18)24-2)25-13-12-22-9-4-3-5-10-22/h6-7,14,17,21H,3-5,8-13,15-16H2,1-2H3/t17-/m1/s1. The van der Waals surface area contributed by atoms with Crippen LogP contribution in [0.15, 0.2) is 18.2 Å². The first-order chi connectivity index (χ1) is 12.3. The van der Waals surface area contributed by atoms with Crippen molar-refractivity contribution in [3.8, 4) is 11.5 Å². The van der Waals surface area contributed by atoms with Gasteiger partial charge in [-0.15, -0.1) is 0 Å². The average Bonchev–Trinajstić information content (AvgIpc) is 2.65. The van der Waals surface area contributed by atoms with Crippen LogP contribution in [0.1, 0.15) is 31.7 Å². The summed E-state index contributed by atoms with van der Waals surface area (Å²) in [5, 5.41) is 3.44. The summed E-state index contributed by atoms with van der Waals surface area (Å²) in [6.07, 6.45) is 4.02. The first-order valence-corrected chi connectivity index (χ1v) is 9.73. The highest BCUT2D eigenvalue weighted by Gasteiger charge is 2.18. The zero-order chi connectivity index (χ0) is 17.5. The van der Waals surface area contributed by atoms with Gasteiger partial charge in [0.15, 0.2) is 11.5 Å². The van der Waals surface area contributed by atoms with Gasteiger partial charge >= 0.3 is 0 Å². The molecule has 0 bridgehead atoms. The highest BCUT2D eigenvalue weighted by Crippen LogP contribution is 2.29. The third-order valence-electron chi connectivity index (χ3n) is 5.37. The third-order valence-corrected chi connectivity index (χ3v) is 5.37. The first kappa shape index (κ1) is 18.5. The van der Waals surface area contributed by atoms with Crippen molar-refractivity contribution >= 4 is 0 Å². The zero-order valence-corrected chi connectivity index (χ0v) is 15.8. The van der Waals surface area contributed by atoms with Crippen LogP contribution in [0.3, 0.4) is 0 Å². The van der Waals surface area contributed by atoms with Crippen LogP contribution in [0.25, 0.3) is 0 Å². The molecule has 0 radical (unpaired) electrons. The molecule has 2 aliphatic rings. The molecule has 1 aromatic rings. The van der Waals surface area contributed by atoms with Crippen LogP contribution < -0.4 is 14.8 Å². The van der Waals surface area contributed by atoms with Gasteiger partial charge in [-0.3, -0.25) is 9.80 Å². The van der Waals surface area contributed by atoms with Crippen molar-refractivity contribution < 1.29 is 9.47 Å². The smallest absolute Gasteiger partial charge is 0.161 e. The topological polar surface area (TPSA) is 37.0 Å². The number of nitrogens with one attached hydrogen (secondary N) is 1. The van der Waals surface area contributed by atoms with Gasteiger partial charge in [0.1, 0.15) is 6.61 Å². The van der Waals surface area contributed by atoms with Crippen molar-refractivity contribution in [3.63, 3.8) is 0 Å². The number of methoxy groups -OCH3 is 1. The van der Waals surface area contributed by atoms with Gasteiger partial charge in [-0.2, -0.15) is 0 Å². The monoisotopic (exact) mass is 347 g/mol. The fraction of sp³-hybridized carbons (Fsp3) is 0.700. The van der Waals surface area contributed by atoms with Crippen LogP contribution in [-0.2, 0) is 6.54 Å². The molecule has 1 atom stereocenters. The van der Waals surface area contributed by atoms with Gasteiger partial charge in [0.25, 0.3) is 0 Å². The molecule has 1 N–H and O–H groups in total. The minimum absolute atomic E-state index is 0.570. The fourth-order valence-electron chi connectivity index (χ4n) is 3.75. The average molecular weight is 348 g/mol. The Morgan fingerprint density at radius 2 is 1.96 bits per heavy atom. The molecule has 5 nitrogen and oxygen atoms in total. The summed E-state index contributed by atoms with van der Waals surface area (Å²) in [5.41, 5.74) is 1.29. The predicted octanol–water partition coefficient (Wildman–Crippen LogP) is 2.35. The normalized spacial score (nSPS) is 22.7. The summed E-state index contributed by atoms with van der Waals surface area (Å²) in [4.78, 5) is 5.01. The van der Waals surface area contributed by atoms with E-state index >= 15 is 0 Å². The lowest BCUT2D eigenvalue weighted by atomic mass is 10.1. The Bertz CT molecular complexity index is 532. The van der Waals surface area contributed by atoms with Gasteiger partial charge in [-0.1, -0.05) is 12.5 Å². The molecule has 2 fully saturated rings. The summed E-state index contributed by atoms with van der Waals surface area (Å²) in [7, 11) is 1.73. The maximum absolute atomic E-state index is 6.01. The maximum atomic E-state index is 6.01. The van der Waals surface area contributed by atoms with Crippen molar-refractivity contribution in [2.45, 2.75) is 38.8 Å². The molecule has 2 heterocycles. The number of hydrogen-bond donors (Lipinski definition) is 1. The fourth-order valence-corrected chi connectivity index (χ4v) is 3.75. The van der Waals surface area contributed by atoms with E-state index in [1.165, 1.54) is 37.9 Å². The van der Waals surface area contributed by atoms with E-state index in [2.05, 4.69) is 40.2 Å². The summed E-state index contributed by atoms with van der Waals surface area (Å²) in [6.45, 7) is 10.6. The molecule has 0 aromatic heterocycles. The second kappa shape index (κ2) is 9.41. The number of piperidine rings is 1. The lowest BCUT2D eigenvalue weighted by Crippen LogP contribution is -2.49. The molecular weight excluding hydrogens is 314 g/mol. The predicted molar refractivity (Wildman–Crippen MR) is 102 cm³/mol. The molecule has 25 heavy (non-hydrogen) atoms. The highest BCUT2D eigenvalue weighted by atomic mass is 16.5. The maximum Gasteiger partial charge on any atom is 0.161 e. The number of rotatable bonds is 7. The van der Waals surface area contributed by atoms with Gasteiger partial charge in [0.05, 0.1) is 7.11 Å². The Morgan fingerprint density at radius 3 is 2.72 bits per heavy atom. The van der Waals surface area contributed by atoms with E-state index in [0.29, 0.717) is 6.04 Å². The molecule has 2 saturated heterocycles. The number of piperazine rings is 1. The summed E-state index contributed by atoms with van der Waals surface area (Å²) in [6, 6.07) is 6.94. The van der Waals surface area contributed by atoms with Crippen molar-refractivity contribution in [2.75, 3.05) is 53.0 Å². The number of hydrogen-bond acceptors (Lipinski definition) is 5. The zero-order valence-electron chi connectivity index (χ0n) is 15.8. The molecule has 0 amide bonds. The van der Waals surface area contributed by atoms with Crippen molar-refractivity contribution in [1.29, 1.82) is 0 Å². The quantitative estimate of drug-likeness (QED) is 0.819. The van der Waals surface area contributed by atoms with Gasteiger partial charge < -0.3 is 14.8 Å². The Balaban J connectivity index is 1.53. The molecule has 140 valence electrons. The number of benzene rings is 1. The van der Waals surface area contributed by atoms with E-state index in [9.17, 15) is 0 Å². The summed E-state index contributed by atoms with van der Waals surface area (Å²) < 4.78 is 11.6. The van der Waals surface area contributed by atoms with Crippen LogP contribution in [0, 0.1) is 0 Å². The van der Waals surface area contributed by atoms with Crippen LogP contribution in [0.4, 0.5) is 0 Å². The van der Waals surface area contributed by atoms with E-state index in [1.54, 1.807) is 7.11 Å². The van der Waals surface area contributed by atoms with Gasteiger partial charge in [0, 0.05) is 38.8 Å². The highest BCUT2D eigenvalue weighted by molar-refractivity contribution is 5.43. The lowest BCUT2D eigenvalue weighted by molar-refractivity contribution is 0.165. The van der Waals surface area contributed by atoms with E-state index in [-0.39, 0.29) is 0 Å². The molecule has 0 saturated carbocycles. The number of likely N-dealkylation sites (tertiary alicyclic amines) is 1. The SMILES string of the molecule is COc1cc(CN2CCNC[C@H]2C)ccc1OCCN1CCCCC1. The largest absolute Gasteiger partial charge is 0.493 e. The van der Waals surface area contributed by atoms with Gasteiger partial charge in [-0.05, 0) is 50.6 Å². The minimum Gasteiger partial charge on any atom is -0.493 e. The van der Waals surface area contributed by atoms with Crippen LogP contribution in [-0.4, -0.2) is 68.8 Å². The molecule has 1 aromatic carbocycles. The Hall–Kier alpha value is -1.30. The minimum atomic E-state index is 0.570. The van der Waals surface area contributed by atoms with E-state index in [0.717, 1.165) is 50.8 Å². The van der Waals surface area contributed by atoms with Crippen LogP contribution in [0.2, 0.25) is 0 Å². The molecule has 0 aliphatic carbocycles. The van der Waals surface area contributed by atoms with Crippen LogP contribution in [0.5, 0.6) is 11.5 Å². The second-order valence-corrected chi connectivity index (χ2v) is 7.26. The van der Waals surface area contributed by atoms with Crippen LogP contribution >= 0.6 is 0 Å². The Morgan fingerprint density at radius 1 is 1.12 bits per heavy atom. The Kier molecular flexibility index (Phi) is 6.96. The number of ether oxygens (including phenoxy) is 2. The molecular formula is C20H33N3O2. The van der Waals surface area contributed by atoms with Crippen molar-refractivity contribution in [3.05, 3.63) is 23.8 Å². The molecule has 0 spiro atoms. The molecule has 0 unspecified atom stereocenters. The van der Waals surface area contributed by atoms with Crippen molar-refractivity contribution in [2.24, 2.45) is 0 Å². The second-order valence-electron chi connectivity index (χ2n) is 7.26. The lowest BCUT2D eigenvalue weighted by Gasteiger charge is -2.34. The van der Waals surface area contributed by atoms with Gasteiger partial charge in [0.2, 0.25) is 0 Å². The molecule has 3 rings (SSSR count). The number of nitrogens with zero attached hydrogens (tertiary/aromatic N) is 2. The first-order valence-electron chi connectivity index (χ1n) is 9.73. The molecule has 5 heteroatoms. The molecule has 2 aliphatic heterocycles. The summed E-state index contributed by atoms with van der Waals surface area (Å²) in [5.74, 6) is 1.70. The van der Waals surface area contributed by atoms with E-state index in [1.807, 2.05) is 0 Å². The van der Waals surface area contributed by atoms with E-state index < -0.39 is 0 Å². The third kappa shape index (κ3) is 5.33. The summed E-state index contributed by atoms with van der Waals surface area (Å²) >= 11 is 0.